The summed E-state index contributed by atoms with van der Waals surface area (Å²) >= 11 is 1.45. The van der Waals surface area contributed by atoms with E-state index in [0.29, 0.717) is 29.4 Å². The number of rotatable bonds is 6. The van der Waals surface area contributed by atoms with Gasteiger partial charge in [0.25, 0.3) is 5.91 Å². The quantitative estimate of drug-likeness (QED) is 0.427. The minimum absolute atomic E-state index is 0.177. The summed E-state index contributed by atoms with van der Waals surface area (Å²) < 4.78 is 49.9. The molecule has 39 heavy (non-hydrogen) atoms. The topological polar surface area (TPSA) is 107 Å². The summed E-state index contributed by atoms with van der Waals surface area (Å²) in [5, 5.41) is 10.3. The highest BCUT2D eigenvalue weighted by Crippen LogP contribution is 2.31. The smallest absolute Gasteiger partial charge is 0.435 e. The van der Waals surface area contributed by atoms with Gasteiger partial charge in [0.15, 0.2) is 5.69 Å². The predicted molar refractivity (Wildman–Crippen MR) is 137 cm³/mol. The zero-order valence-electron chi connectivity index (χ0n) is 22.0. The second-order valence-corrected chi connectivity index (χ2v) is 11.4. The lowest BCUT2D eigenvalue weighted by Gasteiger charge is -2.39. The number of thiazole rings is 1. The van der Waals surface area contributed by atoms with Crippen molar-refractivity contribution in [3.63, 3.8) is 0 Å². The highest BCUT2D eigenvalue weighted by molar-refractivity contribution is 7.14. The van der Waals surface area contributed by atoms with Crippen LogP contribution in [-0.4, -0.2) is 56.9 Å². The number of likely N-dealkylation sites (tertiary alicyclic amines) is 1. The summed E-state index contributed by atoms with van der Waals surface area (Å²) in [6.07, 6.45) is -3.59. The maximum absolute atomic E-state index is 13.2. The first-order valence-electron chi connectivity index (χ1n) is 12.1. The molecule has 208 valence electrons. The van der Waals surface area contributed by atoms with Crippen LogP contribution >= 0.6 is 11.3 Å². The van der Waals surface area contributed by atoms with Gasteiger partial charge in [-0.3, -0.25) is 4.79 Å². The lowest BCUT2D eigenvalue weighted by Crippen LogP contribution is -2.57. The molecule has 1 aromatic carbocycles. The van der Waals surface area contributed by atoms with Crippen molar-refractivity contribution in [3.05, 3.63) is 58.4 Å². The van der Waals surface area contributed by atoms with E-state index in [-0.39, 0.29) is 17.4 Å². The SMILES string of the molecule is Cc1cnc(-c2cc(OC3CN(C(=O)OC(C)(C)C)C3)cc(C(=O)N[C@H](C)c3ccc(C(F)(F)F)nn3)c2)s1. The fourth-order valence-electron chi connectivity index (χ4n) is 3.67. The molecule has 1 fully saturated rings. The van der Waals surface area contributed by atoms with Crippen molar-refractivity contribution < 1.29 is 32.2 Å². The number of nitrogens with one attached hydrogen (secondary N) is 1. The third-order valence-corrected chi connectivity index (χ3v) is 6.57. The molecule has 0 bridgehead atoms. The number of alkyl halides is 3. The number of benzene rings is 1. The van der Waals surface area contributed by atoms with E-state index in [1.54, 1.807) is 52.1 Å². The fraction of sp³-hybridized carbons (Fsp3) is 0.423. The average Bonchev–Trinajstić information content (AvgIpc) is 3.25. The van der Waals surface area contributed by atoms with Gasteiger partial charge in [-0.15, -0.1) is 16.4 Å². The number of aryl methyl sites for hydroxylation is 1. The van der Waals surface area contributed by atoms with Crippen LogP contribution in [0.25, 0.3) is 10.6 Å². The second-order valence-electron chi connectivity index (χ2n) is 10.2. The van der Waals surface area contributed by atoms with E-state index >= 15 is 0 Å². The fourth-order valence-corrected chi connectivity index (χ4v) is 4.42. The number of hydrogen-bond acceptors (Lipinski definition) is 8. The Morgan fingerprint density at radius 1 is 1.13 bits per heavy atom. The molecule has 3 heterocycles. The van der Waals surface area contributed by atoms with Gasteiger partial charge in [0, 0.05) is 22.2 Å². The van der Waals surface area contributed by atoms with Crippen LogP contribution in [0.4, 0.5) is 18.0 Å². The summed E-state index contributed by atoms with van der Waals surface area (Å²) in [7, 11) is 0. The average molecular weight is 564 g/mol. The van der Waals surface area contributed by atoms with Gasteiger partial charge in [-0.05, 0) is 65.0 Å². The molecule has 0 saturated carbocycles. The number of hydrogen-bond donors (Lipinski definition) is 1. The Morgan fingerprint density at radius 2 is 1.85 bits per heavy atom. The Morgan fingerprint density at radius 3 is 2.41 bits per heavy atom. The molecule has 1 saturated heterocycles. The molecule has 0 radical (unpaired) electrons. The van der Waals surface area contributed by atoms with Gasteiger partial charge in [0.05, 0.1) is 24.8 Å². The summed E-state index contributed by atoms with van der Waals surface area (Å²) in [6, 6.07) is 6.30. The molecule has 1 atom stereocenters. The van der Waals surface area contributed by atoms with Crippen LogP contribution in [0.1, 0.15) is 60.4 Å². The number of aromatic nitrogens is 3. The Bertz CT molecular complexity index is 1350. The molecule has 0 unspecified atom stereocenters. The van der Waals surface area contributed by atoms with Gasteiger partial charge in [-0.25, -0.2) is 9.78 Å². The van der Waals surface area contributed by atoms with E-state index in [0.717, 1.165) is 10.9 Å². The second kappa shape index (κ2) is 10.8. The van der Waals surface area contributed by atoms with E-state index in [4.69, 9.17) is 9.47 Å². The number of halogens is 3. The maximum atomic E-state index is 13.2. The first-order valence-corrected chi connectivity index (χ1v) is 12.9. The van der Waals surface area contributed by atoms with Gasteiger partial charge in [0.2, 0.25) is 0 Å². The van der Waals surface area contributed by atoms with Gasteiger partial charge in [0.1, 0.15) is 22.5 Å². The van der Waals surface area contributed by atoms with E-state index in [2.05, 4.69) is 20.5 Å². The number of amides is 2. The Hall–Kier alpha value is -3.74. The van der Waals surface area contributed by atoms with Gasteiger partial charge in [-0.1, -0.05) is 0 Å². The van der Waals surface area contributed by atoms with Crippen molar-refractivity contribution >= 4 is 23.3 Å². The minimum atomic E-state index is -4.60. The van der Waals surface area contributed by atoms with Gasteiger partial charge in [-0.2, -0.15) is 18.3 Å². The van der Waals surface area contributed by atoms with Crippen LogP contribution in [0, 0.1) is 6.92 Å². The van der Waals surface area contributed by atoms with Crippen molar-refractivity contribution in [2.24, 2.45) is 0 Å². The molecule has 0 spiro atoms. The van der Waals surface area contributed by atoms with Crippen LogP contribution in [0.15, 0.2) is 36.5 Å². The lowest BCUT2D eigenvalue weighted by atomic mass is 10.1. The molecule has 1 aliphatic heterocycles. The molecule has 13 heteroatoms. The molecule has 2 amide bonds. The standard InChI is InChI=1S/C26H28F3N5O4S/c1-14-11-30-23(39-14)17-8-16(22(35)31-15(2)20-6-7-21(33-32-20)26(27,28)29)9-18(10-17)37-19-12-34(13-19)24(36)38-25(3,4)5/h6-11,15,19H,12-13H2,1-5H3,(H,31,35)/t15-/m1/s1. The zero-order valence-corrected chi connectivity index (χ0v) is 22.8. The minimum Gasteiger partial charge on any atom is -0.487 e. The molecule has 3 aromatic rings. The van der Waals surface area contributed by atoms with Crippen molar-refractivity contribution in [1.82, 2.24) is 25.4 Å². The number of nitrogens with zero attached hydrogens (tertiary/aromatic N) is 4. The Kier molecular flexibility index (Phi) is 7.82. The van der Waals surface area contributed by atoms with Crippen molar-refractivity contribution in [2.75, 3.05) is 13.1 Å². The van der Waals surface area contributed by atoms with E-state index in [1.165, 1.54) is 22.3 Å². The largest absolute Gasteiger partial charge is 0.487 e. The molecule has 0 aliphatic carbocycles. The summed E-state index contributed by atoms with van der Waals surface area (Å²) in [6.45, 7) is 9.56. The van der Waals surface area contributed by atoms with Crippen molar-refractivity contribution in [3.8, 4) is 16.3 Å². The first-order chi connectivity index (χ1) is 18.2. The predicted octanol–water partition coefficient (Wildman–Crippen LogP) is 5.42. The lowest BCUT2D eigenvalue weighted by molar-refractivity contribution is -0.141. The normalized spacial score (nSPS) is 14.9. The first kappa shape index (κ1) is 28.3. The summed E-state index contributed by atoms with van der Waals surface area (Å²) in [5.74, 6) is -0.0607. The summed E-state index contributed by atoms with van der Waals surface area (Å²) in [4.78, 5) is 32.3. The summed E-state index contributed by atoms with van der Waals surface area (Å²) in [5.41, 5.74) is -0.601. The number of carbonyl (C=O) groups is 2. The number of carbonyl (C=O) groups excluding carboxylic acids is 2. The van der Waals surface area contributed by atoms with Crippen LogP contribution in [0.2, 0.25) is 0 Å². The van der Waals surface area contributed by atoms with Crippen LogP contribution in [0.5, 0.6) is 5.75 Å². The molecule has 1 N–H and O–H groups in total. The maximum Gasteiger partial charge on any atom is 0.435 e. The van der Waals surface area contributed by atoms with Gasteiger partial charge >= 0.3 is 12.3 Å². The Labute approximate surface area is 227 Å². The molecular weight excluding hydrogens is 535 g/mol. The third-order valence-electron chi connectivity index (χ3n) is 5.61. The van der Waals surface area contributed by atoms with Crippen LogP contribution in [-0.2, 0) is 10.9 Å². The van der Waals surface area contributed by atoms with Crippen LogP contribution in [0.3, 0.4) is 0 Å². The molecule has 1 aliphatic rings. The van der Waals surface area contributed by atoms with E-state index in [9.17, 15) is 22.8 Å². The zero-order chi connectivity index (χ0) is 28.5. The van der Waals surface area contributed by atoms with Crippen molar-refractivity contribution in [2.45, 2.75) is 58.5 Å². The van der Waals surface area contributed by atoms with Crippen molar-refractivity contribution in [1.29, 1.82) is 0 Å². The molecule has 2 aromatic heterocycles. The monoisotopic (exact) mass is 563 g/mol. The van der Waals surface area contributed by atoms with Gasteiger partial charge < -0.3 is 19.7 Å². The van der Waals surface area contributed by atoms with E-state index in [1.807, 2.05) is 6.92 Å². The highest BCUT2D eigenvalue weighted by atomic mass is 32.1. The highest BCUT2D eigenvalue weighted by Gasteiger charge is 2.35. The molecule has 4 rings (SSSR count). The van der Waals surface area contributed by atoms with Crippen LogP contribution < -0.4 is 10.1 Å². The number of ether oxygens (including phenoxy) is 2. The Balaban J connectivity index is 1.49. The third kappa shape index (κ3) is 7.22. The molecule has 9 nitrogen and oxygen atoms in total. The van der Waals surface area contributed by atoms with E-state index < -0.39 is 35.5 Å². The molecular formula is C26H28F3N5O4S.